The maximum Gasteiger partial charge on any atom is 0.345 e. The summed E-state index contributed by atoms with van der Waals surface area (Å²) in [5.41, 5.74) is 0.260. The van der Waals surface area contributed by atoms with Crippen LogP contribution in [-0.2, 0) is 21.5 Å². The second-order valence-electron chi connectivity index (χ2n) is 4.69. The summed E-state index contributed by atoms with van der Waals surface area (Å²) in [4.78, 5) is 13.0. The number of nitrogens with one attached hydrogen (secondary N) is 1. The Morgan fingerprint density at radius 2 is 2.22 bits per heavy atom. The van der Waals surface area contributed by atoms with E-state index in [1.807, 2.05) is 5.38 Å². The molecule has 7 nitrogen and oxygen atoms in total. The number of rotatable bonds is 4. The molecule has 3 rings (SSSR count). The van der Waals surface area contributed by atoms with Crippen LogP contribution in [0.3, 0.4) is 0 Å². The smallest absolute Gasteiger partial charge is 0.345 e. The molecular weight excluding hydrogens is 338 g/mol. The minimum absolute atomic E-state index is 0.00922. The van der Waals surface area contributed by atoms with E-state index >= 15 is 0 Å². The molecule has 0 aromatic carbocycles. The number of likely N-dealkylation sites (N-methyl/N-ethyl adjacent to an activating group) is 1. The number of furan rings is 1. The van der Waals surface area contributed by atoms with Crippen LogP contribution in [0.25, 0.3) is 0 Å². The molecule has 0 aliphatic carbocycles. The van der Waals surface area contributed by atoms with Crippen molar-refractivity contribution >= 4 is 33.2 Å². The van der Waals surface area contributed by atoms with E-state index in [1.165, 1.54) is 30.7 Å². The molecule has 0 fully saturated rings. The van der Waals surface area contributed by atoms with Gasteiger partial charge in [0.1, 0.15) is 11.5 Å². The van der Waals surface area contributed by atoms with Gasteiger partial charge in [0.15, 0.2) is 0 Å². The number of hydrogen-bond donors (Lipinski definition) is 1. The minimum atomic E-state index is -3.93. The van der Waals surface area contributed by atoms with Crippen LogP contribution in [0, 0.1) is 0 Å². The Morgan fingerprint density at radius 1 is 1.39 bits per heavy atom. The molecule has 23 heavy (non-hydrogen) atoms. The lowest BCUT2D eigenvalue weighted by Gasteiger charge is -2.23. The van der Waals surface area contributed by atoms with Crippen LogP contribution < -0.4 is 5.32 Å². The van der Waals surface area contributed by atoms with Gasteiger partial charge in [-0.15, -0.1) is 15.7 Å². The highest BCUT2D eigenvalue weighted by molar-refractivity contribution is 7.88. The second kappa shape index (κ2) is 6.01. The molecule has 0 radical (unpaired) electrons. The molecule has 0 unspecified atom stereocenters. The van der Waals surface area contributed by atoms with Crippen LogP contribution in [0.1, 0.15) is 10.6 Å². The summed E-state index contributed by atoms with van der Waals surface area (Å²) in [6.07, 6.45) is 2.96. The lowest BCUT2D eigenvalue weighted by molar-refractivity contribution is -0.118. The number of carbonyl (C=O) groups excluding carboxylic acids is 1. The molecule has 120 valence electrons. The van der Waals surface area contributed by atoms with Crippen molar-refractivity contribution in [3.63, 3.8) is 0 Å². The number of thiophene rings is 1. The van der Waals surface area contributed by atoms with Gasteiger partial charge in [-0.3, -0.25) is 4.79 Å². The molecule has 9 heteroatoms. The Bertz CT molecular complexity index is 865. The fourth-order valence-electron chi connectivity index (χ4n) is 1.98. The number of nitrogens with zero attached hydrogens (tertiary/aromatic N) is 2. The number of hydrogen-bond acceptors (Lipinski definition) is 5. The molecule has 0 spiro atoms. The van der Waals surface area contributed by atoms with Crippen LogP contribution in [0.5, 0.6) is 0 Å². The Hall–Kier alpha value is -2.39. The summed E-state index contributed by atoms with van der Waals surface area (Å²) in [5, 5.41) is 4.44. The Kier molecular flexibility index (Phi) is 4.05. The van der Waals surface area contributed by atoms with E-state index in [0.29, 0.717) is 10.6 Å². The van der Waals surface area contributed by atoms with Gasteiger partial charge in [-0.25, -0.2) is 4.31 Å². The van der Waals surface area contributed by atoms with E-state index < -0.39 is 16.1 Å². The average molecular weight is 351 g/mol. The predicted octanol–water partition coefficient (Wildman–Crippen LogP) is 1.52. The topological polar surface area (TPSA) is 92.0 Å². The summed E-state index contributed by atoms with van der Waals surface area (Å²) in [6, 6.07) is 6.96. The van der Waals surface area contributed by atoms with Crippen LogP contribution in [0.4, 0.5) is 0 Å². The third-order valence-electron chi connectivity index (χ3n) is 3.18. The monoisotopic (exact) mass is 351 g/mol. The minimum Gasteiger partial charge on any atom is -0.467 e. The van der Waals surface area contributed by atoms with Crippen molar-refractivity contribution in [2.24, 2.45) is 4.40 Å². The van der Waals surface area contributed by atoms with Gasteiger partial charge in [0.2, 0.25) is 0 Å². The van der Waals surface area contributed by atoms with Crippen molar-refractivity contribution in [3.8, 4) is 0 Å². The van der Waals surface area contributed by atoms with E-state index in [9.17, 15) is 13.2 Å². The van der Waals surface area contributed by atoms with Gasteiger partial charge in [-0.1, -0.05) is 6.07 Å². The van der Waals surface area contributed by atoms with Gasteiger partial charge >= 0.3 is 10.2 Å². The van der Waals surface area contributed by atoms with Crippen LogP contribution in [0.2, 0.25) is 0 Å². The normalized spacial score (nSPS) is 16.7. The molecule has 2 aromatic heterocycles. The van der Waals surface area contributed by atoms with Gasteiger partial charge in [-0.05, 0) is 29.7 Å². The molecule has 3 heterocycles. The van der Waals surface area contributed by atoms with Gasteiger partial charge in [0.05, 0.1) is 23.4 Å². The van der Waals surface area contributed by atoms with Crippen molar-refractivity contribution in [3.05, 3.63) is 58.3 Å². The van der Waals surface area contributed by atoms with Crippen LogP contribution >= 0.6 is 11.3 Å². The Morgan fingerprint density at radius 3 is 2.87 bits per heavy atom. The molecule has 0 atom stereocenters. The Balaban J connectivity index is 1.87. The first-order valence-electron chi connectivity index (χ1n) is 6.62. The van der Waals surface area contributed by atoms with E-state index in [1.54, 1.807) is 24.3 Å². The van der Waals surface area contributed by atoms with E-state index in [0.717, 1.165) is 4.31 Å². The number of amides is 1. The summed E-state index contributed by atoms with van der Waals surface area (Å²) < 4.78 is 34.0. The highest BCUT2D eigenvalue weighted by atomic mass is 32.2. The van der Waals surface area contributed by atoms with Crippen molar-refractivity contribution in [1.82, 2.24) is 9.62 Å². The fourth-order valence-corrected chi connectivity index (χ4v) is 3.63. The highest BCUT2D eigenvalue weighted by Gasteiger charge is 2.30. The summed E-state index contributed by atoms with van der Waals surface area (Å²) in [6.45, 7) is 0.169. The van der Waals surface area contributed by atoms with Gasteiger partial charge in [0.25, 0.3) is 5.91 Å². The zero-order chi connectivity index (χ0) is 16.4. The fraction of sp³-hybridized carbons (Fsp3) is 0.143. The number of allylic oxidation sites excluding steroid dienone is 1. The second-order valence-corrected chi connectivity index (χ2v) is 7.26. The first kappa shape index (κ1) is 15.5. The lowest BCUT2D eigenvalue weighted by atomic mass is 10.2. The maximum atomic E-state index is 12.3. The standard InChI is InChI=1S/C14H13N3O4S2/c1-17-12(14(18)15-9-10-4-2-6-21-10)8-11(16-23(17,19)20)13-5-3-7-22-13/h2-8H,9H2,1H3,(H,15,18). The number of carbonyl (C=O) groups is 1. The molecule has 2 aromatic rings. The van der Waals surface area contributed by atoms with E-state index in [2.05, 4.69) is 9.71 Å². The maximum absolute atomic E-state index is 12.3. The summed E-state index contributed by atoms with van der Waals surface area (Å²) >= 11 is 1.35. The molecule has 1 aliphatic heterocycles. The first-order valence-corrected chi connectivity index (χ1v) is 8.90. The molecule has 0 saturated heterocycles. The zero-order valence-electron chi connectivity index (χ0n) is 12.1. The highest BCUT2D eigenvalue weighted by Crippen LogP contribution is 2.21. The zero-order valence-corrected chi connectivity index (χ0v) is 13.7. The predicted molar refractivity (Wildman–Crippen MR) is 86.2 cm³/mol. The quantitative estimate of drug-likeness (QED) is 0.904. The van der Waals surface area contributed by atoms with Gasteiger partial charge in [0, 0.05) is 7.05 Å². The molecule has 1 amide bonds. The van der Waals surface area contributed by atoms with E-state index in [-0.39, 0.29) is 18.0 Å². The van der Waals surface area contributed by atoms with Crippen LogP contribution in [-0.4, -0.2) is 31.4 Å². The van der Waals surface area contributed by atoms with Gasteiger partial charge < -0.3 is 9.73 Å². The van der Waals surface area contributed by atoms with Gasteiger partial charge in [-0.2, -0.15) is 8.42 Å². The summed E-state index contributed by atoms with van der Waals surface area (Å²) in [5.74, 6) is 0.0591. The molecule has 1 aliphatic rings. The van der Waals surface area contributed by atoms with Crippen molar-refractivity contribution < 1.29 is 17.6 Å². The molecule has 1 N–H and O–H groups in total. The molecular formula is C14H13N3O4S2. The van der Waals surface area contributed by atoms with E-state index in [4.69, 9.17) is 4.42 Å². The van der Waals surface area contributed by atoms with Crippen molar-refractivity contribution in [1.29, 1.82) is 0 Å². The van der Waals surface area contributed by atoms with Crippen molar-refractivity contribution in [2.45, 2.75) is 6.54 Å². The summed E-state index contributed by atoms with van der Waals surface area (Å²) in [7, 11) is -2.63. The molecule has 0 bridgehead atoms. The van der Waals surface area contributed by atoms with Crippen molar-refractivity contribution in [2.75, 3.05) is 7.05 Å². The third kappa shape index (κ3) is 3.20. The largest absolute Gasteiger partial charge is 0.467 e. The Labute approximate surface area is 137 Å². The SMILES string of the molecule is CN1C(C(=O)NCc2ccco2)=CC(c2cccs2)=NS1(=O)=O. The first-order chi connectivity index (χ1) is 11.0. The van der Waals surface area contributed by atoms with Crippen LogP contribution in [0.15, 0.2) is 56.5 Å². The average Bonchev–Trinajstić information content (AvgIpc) is 3.20. The molecule has 0 saturated carbocycles. The third-order valence-corrected chi connectivity index (χ3v) is 5.39. The lowest BCUT2D eigenvalue weighted by Crippen LogP contribution is -2.38.